The molecule has 3 N–H and O–H groups in total. The third-order valence-corrected chi connectivity index (χ3v) is 6.59. The van der Waals surface area contributed by atoms with Gasteiger partial charge < -0.3 is 25.4 Å². The molecule has 0 atom stereocenters. The van der Waals surface area contributed by atoms with Gasteiger partial charge in [0.15, 0.2) is 11.5 Å². The fraction of sp³-hybridized carbons (Fsp3) is 0.381. The van der Waals surface area contributed by atoms with Crippen molar-refractivity contribution in [2.24, 2.45) is 0 Å². The fourth-order valence-corrected chi connectivity index (χ4v) is 4.86. The molecule has 1 aliphatic carbocycles. The van der Waals surface area contributed by atoms with Gasteiger partial charge in [-0.1, -0.05) is 18.9 Å². The SMILES string of the molecule is O=C(CNC(=O)C(=O)Nc1ccc2c(c1)OCO2)NCC1(c2cccs2)CCCC1. The highest BCUT2D eigenvalue weighted by atomic mass is 32.1. The van der Waals surface area contributed by atoms with Crippen LogP contribution in [0.3, 0.4) is 0 Å². The highest BCUT2D eigenvalue weighted by Crippen LogP contribution is 2.42. The van der Waals surface area contributed by atoms with Gasteiger partial charge in [-0.3, -0.25) is 14.4 Å². The van der Waals surface area contributed by atoms with Crippen LogP contribution in [0.5, 0.6) is 11.5 Å². The average molecular weight is 429 g/mol. The number of fused-ring (bicyclic) bond motifs is 1. The number of amides is 3. The van der Waals surface area contributed by atoms with Crippen LogP contribution in [-0.2, 0) is 19.8 Å². The Morgan fingerprint density at radius 2 is 1.80 bits per heavy atom. The number of hydrogen-bond acceptors (Lipinski definition) is 6. The molecule has 2 aromatic rings. The third-order valence-electron chi connectivity index (χ3n) is 5.47. The topological polar surface area (TPSA) is 106 Å². The highest BCUT2D eigenvalue weighted by molar-refractivity contribution is 7.10. The van der Waals surface area contributed by atoms with E-state index in [9.17, 15) is 14.4 Å². The van der Waals surface area contributed by atoms with Crippen molar-refractivity contribution >= 4 is 34.7 Å². The van der Waals surface area contributed by atoms with Crippen molar-refractivity contribution in [1.82, 2.24) is 10.6 Å². The Hall–Kier alpha value is -3.07. The van der Waals surface area contributed by atoms with E-state index in [0.717, 1.165) is 25.7 Å². The Bertz CT molecular complexity index is 938. The maximum absolute atomic E-state index is 12.2. The molecule has 2 aliphatic rings. The second-order valence-electron chi connectivity index (χ2n) is 7.45. The van der Waals surface area contributed by atoms with E-state index >= 15 is 0 Å². The van der Waals surface area contributed by atoms with Crippen LogP contribution >= 0.6 is 11.3 Å². The molecule has 0 radical (unpaired) electrons. The molecule has 0 bridgehead atoms. The summed E-state index contributed by atoms with van der Waals surface area (Å²) in [6.45, 7) is 0.398. The number of carbonyl (C=O) groups is 3. The van der Waals surface area contributed by atoms with Gasteiger partial charge in [-0.2, -0.15) is 0 Å². The molecule has 9 heteroatoms. The molecule has 1 aliphatic heterocycles. The minimum Gasteiger partial charge on any atom is -0.454 e. The summed E-state index contributed by atoms with van der Waals surface area (Å²) >= 11 is 1.71. The summed E-state index contributed by atoms with van der Waals surface area (Å²) in [4.78, 5) is 37.6. The third kappa shape index (κ3) is 4.40. The van der Waals surface area contributed by atoms with E-state index in [1.165, 1.54) is 4.88 Å². The van der Waals surface area contributed by atoms with Crippen molar-refractivity contribution in [3.05, 3.63) is 40.6 Å². The van der Waals surface area contributed by atoms with E-state index < -0.39 is 11.8 Å². The minimum atomic E-state index is -0.878. The van der Waals surface area contributed by atoms with Crippen LogP contribution in [0.2, 0.25) is 0 Å². The first kappa shape index (κ1) is 20.2. The first-order valence-electron chi connectivity index (χ1n) is 9.85. The summed E-state index contributed by atoms with van der Waals surface area (Å²) in [5, 5.41) is 9.81. The number of ether oxygens (including phenoxy) is 2. The average Bonchev–Trinajstić information content (AvgIpc) is 3.51. The van der Waals surface area contributed by atoms with Crippen molar-refractivity contribution in [3.8, 4) is 11.5 Å². The summed E-state index contributed by atoms with van der Waals surface area (Å²) in [5.74, 6) is -0.970. The monoisotopic (exact) mass is 429 g/mol. The van der Waals surface area contributed by atoms with Crippen molar-refractivity contribution in [2.45, 2.75) is 31.1 Å². The summed E-state index contributed by atoms with van der Waals surface area (Å²) in [6, 6.07) is 8.98. The van der Waals surface area contributed by atoms with Gasteiger partial charge in [0.25, 0.3) is 0 Å². The molecular formula is C21H23N3O5S. The predicted octanol–water partition coefficient (Wildman–Crippen LogP) is 2.16. The summed E-state index contributed by atoms with van der Waals surface area (Å²) in [6.07, 6.45) is 4.37. The van der Waals surface area contributed by atoms with Crippen LogP contribution < -0.4 is 25.4 Å². The lowest BCUT2D eigenvalue weighted by molar-refractivity contribution is -0.136. The van der Waals surface area contributed by atoms with E-state index in [1.807, 2.05) is 6.07 Å². The predicted molar refractivity (Wildman–Crippen MR) is 112 cm³/mol. The van der Waals surface area contributed by atoms with E-state index in [2.05, 4.69) is 27.4 Å². The molecule has 1 saturated carbocycles. The minimum absolute atomic E-state index is 0.0232. The van der Waals surface area contributed by atoms with Crippen LogP contribution in [0.25, 0.3) is 0 Å². The smallest absolute Gasteiger partial charge is 0.313 e. The standard InChI is InChI=1S/C21H23N3O5S/c25-18(23-12-21(7-1-2-8-21)17-4-3-9-30-17)11-22-19(26)20(27)24-14-5-6-15-16(10-14)29-13-28-15/h3-6,9-10H,1-2,7-8,11-13H2,(H,22,26)(H,23,25)(H,24,27). The summed E-state index contributed by atoms with van der Waals surface area (Å²) in [7, 11) is 0. The molecule has 158 valence electrons. The summed E-state index contributed by atoms with van der Waals surface area (Å²) < 4.78 is 10.4. The van der Waals surface area contributed by atoms with Crippen molar-refractivity contribution in [2.75, 3.05) is 25.2 Å². The summed E-state index contributed by atoms with van der Waals surface area (Å²) in [5.41, 5.74) is 0.382. The molecule has 1 fully saturated rings. The molecule has 30 heavy (non-hydrogen) atoms. The Kier molecular flexibility index (Phi) is 5.89. The van der Waals surface area contributed by atoms with E-state index in [1.54, 1.807) is 29.5 Å². The van der Waals surface area contributed by atoms with Gasteiger partial charge in [0.2, 0.25) is 12.7 Å². The number of nitrogens with one attached hydrogen (secondary N) is 3. The van der Waals surface area contributed by atoms with Gasteiger partial charge in [0, 0.05) is 28.6 Å². The number of hydrogen-bond donors (Lipinski definition) is 3. The molecule has 0 saturated heterocycles. The van der Waals surface area contributed by atoms with Crippen molar-refractivity contribution in [3.63, 3.8) is 0 Å². The number of rotatable bonds is 6. The maximum atomic E-state index is 12.2. The van der Waals surface area contributed by atoms with Gasteiger partial charge in [-0.25, -0.2) is 0 Å². The lowest BCUT2D eigenvalue weighted by Gasteiger charge is -2.28. The molecule has 0 unspecified atom stereocenters. The second-order valence-corrected chi connectivity index (χ2v) is 8.39. The van der Waals surface area contributed by atoms with Crippen LogP contribution in [0.15, 0.2) is 35.7 Å². The Labute approximate surface area is 177 Å². The van der Waals surface area contributed by atoms with Crippen molar-refractivity contribution < 1.29 is 23.9 Å². The highest BCUT2D eigenvalue weighted by Gasteiger charge is 2.36. The number of thiophene rings is 1. The van der Waals surface area contributed by atoms with E-state index in [0.29, 0.717) is 23.7 Å². The Balaban J connectivity index is 1.24. The molecule has 2 heterocycles. The normalized spacial score (nSPS) is 16.1. The number of carbonyl (C=O) groups excluding carboxylic acids is 3. The van der Waals surface area contributed by atoms with Gasteiger partial charge in [-0.15, -0.1) is 11.3 Å². The Morgan fingerprint density at radius 1 is 1.00 bits per heavy atom. The molecule has 8 nitrogen and oxygen atoms in total. The molecule has 1 aromatic carbocycles. The van der Waals surface area contributed by atoms with Gasteiger partial charge >= 0.3 is 11.8 Å². The number of benzene rings is 1. The van der Waals surface area contributed by atoms with Crippen molar-refractivity contribution in [1.29, 1.82) is 0 Å². The molecule has 3 amide bonds. The lowest BCUT2D eigenvalue weighted by Crippen LogP contribution is -2.45. The maximum Gasteiger partial charge on any atom is 0.313 e. The Morgan fingerprint density at radius 3 is 2.57 bits per heavy atom. The molecule has 1 aromatic heterocycles. The van der Waals surface area contributed by atoms with Crippen LogP contribution in [-0.4, -0.2) is 37.6 Å². The van der Waals surface area contributed by atoms with Crippen LogP contribution in [0.4, 0.5) is 5.69 Å². The second kappa shape index (κ2) is 8.74. The van der Waals surface area contributed by atoms with Gasteiger partial charge in [-0.05, 0) is 36.4 Å². The zero-order valence-corrected chi connectivity index (χ0v) is 17.2. The van der Waals surface area contributed by atoms with Gasteiger partial charge in [0.1, 0.15) is 0 Å². The zero-order valence-electron chi connectivity index (χ0n) is 16.4. The largest absolute Gasteiger partial charge is 0.454 e. The van der Waals surface area contributed by atoms with Gasteiger partial charge in [0.05, 0.1) is 6.54 Å². The van der Waals surface area contributed by atoms with E-state index in [-0.39, 0.29) is 24.7 Å². The fourth-order valence-electron chi connectivity index (χ4n) is 3.88. The van der Waals surface area contributed by atoms with Crippen LogP contribution in [0, 0.1) is 0 Å². The molecular weight excluding hydrogens is 406 g/mol. The van der Waals surface area contributed by atoms with E-state index in [4.69, 9.17) is 9.47 Å². The lowest BCUT2D eigenvalue weighted by atomic mass is 9.84. The first-order valence-corrected chi connectivity index (χ1v) is 10.7. The number of anilines is 1. The quantitative estimate of drug-likeness (QED) is 0.611. The molecule has 4 rings (SSSR count). The van der Waals surface area contributed by atoms with Crippen LogP contribution in [0.1, 0.15) is 30.6 Å². The zero-order chi connectivity index (χ0) is 21.0. The first-order chi connectivity index (χ1) is 14.6. The molecule has 0 spiro atoms.